The Kier molecular flexibility index (Phi) is 10.1. The Morgan fingerprint density at radius 1 is 0.980 bits per heavy atom. The van der Waals surface area contributed by atoms with Crippen molar-refractivity contribution in [3.63, 3.8) is 0 Å². The molecule has 3 aromatic carbocycles. The summed E-state index contributed by atoms with van der Waals surface area (Å²) in [6.07, 6.45) is 2.34. The number of nitrogens with one attached hydrogen (secondary N) is 3. The summed E-state index contributed by atoms with van der Waals surface area (Å²) in [7, 11) is 1.72. The summed E-state index contributed by atoms with van der Waals surface area (Å²) in [4.78, 5) is 56.5. The standard InChI is InChI=1S/C37H43N9O5/c1-37(2,3)51-36(50)39-21-23-7-11-26(12-8-23)33(47)46(28-16-13-25(14-17-28)32-41-43-44-42-32)34(48)29(38)19-22-5-9-24(10-6-22)27-15-18-30-31(20-27)45(4)35(49)40-30/h5-6,9-10,13-18,20,23,26,29H,7-8,11-12,19,21,38H2,1-4H3,(H,39,50)(H,40,49)(H,41,42,43,44)/t23?,26?,29-/m0/s1. The van der Waals surface area contributed by atoms with Crippen LogP contribution < -0.4 is 21.6 Å². The van der Waals surface area contributed by atoms with Gasteiger partial charge in [0.25, 0.3) is 5.91 Å². The molecule has 1 atom stereocenters. The number of nitrogens with two attached hydrogens (primary N) is 1. The van der Waals surface area contributed by atoms with Gasteiger partial charge in [-0.15, -0.1) is 10.2 Å². The fraction of sp³-hybridized carbons (Fsp3) is 0.378. The molecule has 0 saturated heterocycles. The fourth-order valence-electron chi connectivity index (χ4n) is 6.49. The fourth-order valence-corrected chi connectivity index (χ4v) is 6.49. The van der Waals surface area contributed by atoms with E-state index in [2.05, 4.69) is 30.9 Å². The number of nitrogens with zero attached hydrogens (tertiary/aromatic N) is 5. The average Bonchev–Trinajstić information content (AvgIpc) is 3.75. The van der Waals surface area contributed by atoms with Gasteiger partial charge in [0.2, 0.25) is 11.7 Å². The number of carbonyl (C=O) groups is 3. The number of imidazole rings is 1. The molecule has 6 rings (SSSR count). The highest BCUT2D eigenvalue weighted by Gasteiger charge is 2.35. The number of aromatic amines is 2. The van der Waals surface area contributed by atoms with E-state index in [1.165, 1.54) is 4.90 Å². The maximum Gasteiger partial charge on any atom is 0.407 e. The number of rotatable bonds is 9. The Morgan fingerprint density at radius 2 is 1.65 bits per heavy atom. The van der Waals surface area contributed by atoms with E-state index in [9.17, 15) is 19.2 Å². The number of anilines is 1. The van der Waals surface area contributed by atoms with E-state index >= 15 is 0 Å². The minimum absolute atomic E-state index is 0.174. The topological polar surface area (TPSA) is 194 Å². The highest BCUT2D eigenvalue weighted by atomic mass is 16.6. The molecule has 2 aromatic heterocycles. The molecule has 51 heavy (non-hydrogen) atoms. The van der Waals surface area contributed by atoms with Crippen LogP contribution in [0.4, 0.5) is 10.5 Å². The Bertz CT molecular complexity index is 2050. The van der Waals surface area contributed by atoms with Crippen molar-refractivity contribution in [3.05, 3.63) is 82.8 Å². The summed E-state index contributed by atoms with van der Waals surface area (Å²) < 4.78 is 6.92. The number of tetrazole rings is 1. The molecule has 1 saturated carbocycles. The SMILES string of the molecule is Cn1c(=O)[nH]c2ccc(-c3ccc(C[C@H](N)C(=O)N(C(=O)C4CCC(CNC(=O)OC(C)(C)C)CC4)c4ccc(-c5nn[nH]n5)cc4)cc3)cc21. The predicted molar refractivity (Wildman–Crippen MR) is 192 cm³/mol. The number of fused-ring (bicyclic) bond motifs is 1. The summed E-state index contributed by atoms with van der Waals surface area (Å²) in [5.74, 6) is -0.592. The molecule has 3 amide bonds. The van der Waals surface area contributed by atoms with Crippen LogP contribution in [0.1, 0.15) is 52.0 Å². The van der Waals surface area contributed by atoms with Gasteiger partial charge in [-0.2, -0.15) is 5.21 Å². The van der Waals surface area contributed by atoms with Gasteiger partial charge in [0.1, 0.15) is 5.60 Å². The monoisotopic (exact) mass is 693 g/mol. The van der Waals surface area contributed by atoms with Crippen molar-refractivity contribution in [2.24, 2.45) is 24.6 Å². The highest BCUT2D eigenvalue weighted by Crippen LogP contribution is 2.32. The van der Waals surface area contributed by atoms with Crippen molar-refractivity contribution >= 4 is 34.6 Å². The van der Waals surface area contributed by atoms with Crippen molar-refractivity contribution in [3.8, 4) is 22.5 Å². The molecule has 0 aliphatic heterocycles. The number of hydrogen-bond donors (Lipinski definition) is 4. The molecule has 5 aromatic rings. The molecular weight excluding hydrogens is 650 g/mol. The van der Waals surface area contributed by atoms with Crippen molar-refractivity contribution in [2.45, 2.75) is 64.5 Å². The van der Waals surface area contributed by atoms with Gasteiger partial charge in [-0.3, -0.25) is 14.2 Å². The summed E-state index contributed by atoms with van der Waals surface area (Å²) in [5.41, 5.74) is 11.2. The first-order valence-electron chi connectivity index (χ1n) is 17.1. The van der Waals surface area contributed by atoms with Crippen LogP contribution in [-0.4, -0.2) is 66.3 Å². The lowest BCUT2D eigenvalue weighted by Gasteiger charge is -2.32. The molecule has 14 heteroatoms. The van der Waals surface area contributed by atoms with Gasteiger partial charge in [0.05, 0.1) is 22.8 Å². The van der Waals surface area contributed by atoms with Crippen LogP contribution in [0.2, 0.25) is 0 Å². The van der Waals surface area contributed by atoms with Gasteiger partial charge >= 0.3 is 11.8 Å². The average molecular weight is 694 g/mol. The zero-order chi connectivity index (χ0) is 36.3. The van der Waals surface area contributed by atoms with Crippen LogP contribution in [0, 0.1) is 11.8 Å². The van der Waals surface area contributed by atoms with E-state index in [1.54, 1.807) is 35.9 Å². The number of H-pyrrole nitrogens is 2. The van der Waals surface area contributed by atoms with Gasteiger partial charge in [0, 0.05) is 25.1 Å². The maximum atomic E-state index is 14.2. The minimum Gasteiger partial charge on any atom is -0.444 e. The van der Waals surface area contributed by atoms with Crippen LogP contribution in [-0.2, 0) is 27.8 Å². The maximum absolute atomic E-state index is 14.2. The lowest BCUT2D eigenvalue weighted by atomic mass is 9.81. The second-order valence-corrected chi connectivity index (χ2v) is 14.1. The van der Waals surface area contributed by atoms with E-state index in [4.69, 9.17) is 10.5 Å². The first-order chi connectivity index (χ1) is 24.4. The number of alkyl carbamates (subject to hydrolysis) is 1. The number of imide groups is 1. The van der Waals surface area contributed by atoms with E-state index in [1.807, 2.05) is 63.2 Å². The third kappa shape index (κ3) is 8.23. The second kappa shape index (κ2) is 14.7. The van der Waals surface area contributed by atoms with Crippen molar-refractivity contribution in [2.75, 3.05) is 11.4 Å². The summed E-state index contributed by atoms with van der Waals surface area (Å²) in [5, 5.41) is 16.9. The molecule has 5 N–H and O–H groups in total. The molecule has 0 radical (unpaired) electrons. The Balaban J connectivity index is 1.15. The molecule has 0 bridgehead atoms. The van der Waals surface area contributed by atoms with Crippen molar-refractivity contribution < 1.29 is 19.1 Å². The van der Waals surface area contributed by atoms with Gasteiger partial charge in [-0.1, -0.05) is 30.3 Å². The summed E-state index contributed by atoms with van der Waals surface area (Å²) in [6.45, 7) is 5.90. The second-order valence-electron chi connectivity index (χ2n) is 14.1. The predicted octanol–water partition coefficient (Wildman–Crippen LogP) is 4.47. The molecule has 0 spiro atoms. The minimum atomic E-state index is -0.989. The molecule has 14 nitrogen and oxygen atoms in total. The number of hydrogen-bond acceptors (Lipinski definition) is 9. The largest absolute Gasteiger partial charge is 0.444 e. The van der Waals surface area contributed by atoms with Gasteiger partial charge in [-0.25, -0.2) is 14.5 Å². The normalized spacial score (nSPS) is 16.8. The van der Waals surface area contributed by atoms with E-state index in [-0.39, 0.29) is 29.9 Å². The Hall–Kier alpha value is -5.63. The smallest absolute Gasteiger partial charge is 0.407 e. The number of amides is 3. The van der Waals surface area contributed by atoms with Crippen molar-refractivity contribution in [1.29, 1.82) is 0 Å². The lowest BCUT2D eigenvalue weighted by Crippen LogP contribution is -2.50. The molecule has 1 fully saturated rings. The zero-order valence-corrected chi connectivity index (χ0v) is 29.2. The van der Waals surface area contributed by atoms with Crippen LogP contribution in [0.15, 0.2) is 71.5 Å². The first kappa shape index (κ1) is 35.2. The summed E-state index contributed by atoms with van der Waals surface area (Å²) in [6, 6.07) is 19.4. The molecule has 1 aliphatic carbocycles. The highest BCUT2D eigenvalue weighted by molar-refractivity contribution is 6.17. The van der Waals surface area contributed by atoms with Crippen LogP contribution in [0.5, 0.6) is 0 Å². The van der Waals surface area contributed by atoms with Gasteiger partial charge < -0.3 is 20.8 Å². The third-order valence-corrected chi connectivity index (χ3v) is 9.27. The van der Waals surface area contributed by atoms with Gasteiger partial charge in [0.15, 0.2) is 0 Å². The molecule has 0 unspecified atom stereocenters. The van der Waals surface area contributed by atoms with Crippen LogP contribution in [0.25, 0.3) is 33.5 Å². The number of ether oxygens (including phenoxy) is 1. The number of benzene rings is 3. The zero-order valence-electron chi connectivity index (χ0n) is 29.2. The van der Waals surface area contributed by atoms with E-state index in [0.29, 0.717) is 36.5 Å². The summed E-state index contributed by atoms with van der Waals surface area (Å²) >= 11 is 0. The van der Waals surface area contributed by atoms with Crippen LogP contribution >= 0.6 is 0 Å². The van der Waals surface area contributed by atoms with E-state index in [0.717, 1.165) is 40.6 Å². The Labute approximate surface area is 294 Å². The van der Waals surface area contributed by atoms with Crippen LogP contribution in [0.3, 0.4) is 0 Å². The molecule has 1 aliphatic rings. The molecule has 266 valence electrons. The molecule has 2 heterocycles. The first-order valence-corrected chi connectivity index (χ1v) is 17.1. The third-order valence-electron chi connectivity index (χ3n) is 9.27. The number of aryl methyl sites for hydroxylation is 1. The number of aromatic nitrogens is 6. The van der Waals surface area contributed by atoms with Gasteiger partial charge in [-0.05, 0) is 117 Å². The lowest BCUT2D eigenvalue weighted by molar-refractivity contribution is -0.130. The number of carbonyl (C=O) groups excluding carboxylic acids is 3. The molecular formula is C37H43N9O5. The van der Waals surface area contributed by atoms with Crippen molar-refractivity contribution in [1.82, 2.24) is 35.5 Å². The van der Waals surface area contributed by atoms with E-state index < -0.39 is 23.6 Å². The Morgan fingerprint density at radius 3 is 2.29 bits per heavy atom. The quantitative estimate of drug-likeness (QED) is 0.172.